The summed E-state index contributed by atoms with van der Waals surface area (Å²) in [6, 6.07) is 14.9. The van der Waals surface area contributed by atoms with Crippen molar-refractivity contribution in [3.63, 3.8) is 0 Å². The molecule has 4 rings (SSSR count). The Morgan fingerprint density at radius 3 is 2.60 bits per heavy atom. The van der Waals surface area contributed by atoms with Crippen LogP contribution >= 0.6 is 23.2 Å². The highest BCUT2D eigenvalue weighted by Gasteiger charge is 2.23. The number of hydrogen-bond donors (Lipinski definition) is 1. The van der Waals surface area contributed by atoms with Crippen molar-refractivity contribution >= 4 is 40.1 Å². The van der Waals surface area contributed by atoms with Crippen molar-refractivity contribution in [1.82, 2.24) is 14.9 Å². The molecule has 2 heterocycles. The molecule has 2 aromatic carbocycles. The minimum atomic E-state index is -0.498. The zero-order valence-corrected chi connectivity index (χ0v) is 18.2. The number of nitrogens with zero attached hydrogens (tertiary/aromatic N) is 2. The molecule has 0 radical (unpaired) electrons. The Kier molecular flexibility index (Phi) is 5.84. The first-order valence-corrected chi connectivity index (χ1v) is 10.4. The molecule has 1 atom stereocenters. The average molecular weight is 442 g/mol. The van der Waals surface area contributed by atoms with Crippen LogP contribution in [0.25, 0.3) is 11.0 Å². The van der Waals surface area contributed by atoms with Crippen LogP contribution in [0.2, 0.25) is 10.0 Å². The molecule has 0 spiro atoms. The van der Waals surface area contributed by atoms with Crippen LogP contribution in [0.5, 0.6) is 0 Å². The van der Waals surface area contributed by atoms with Gasteiger partial charge >= 0.3 is 0 Å². The number of benzene rings is 2. The zero-order chi connectivity index (χ0) is 21.3. The summed E-state index contributed by atoms with van der Waals surface area (Å²) in [6.07, 6.45) is 2.17. The number of imidazole rings is 1. The van der Waals surface area contributed by atoms with E-state index in [9.17, 15) is 4.79 Å². The van der Waals surface area contributed by atoms with Crippen LogP contribution in [-0.4, -0.2) is 15.5 Å². The second-order valence-electron chi connectivity index (χ2n) is 7.29. The molecule has 5 nitrogen and oxygen atoms in total. The first-order chi connectivity index (χ1) is 14.4. The largest absolute Gasteiger partial charge is 0.467 e. The molecule has 1 amide bonds. The number of aryl methyl sites for hydroxylation is 1. The minimum Gasteiger partial charge on any atom is -0.467 e. The second kappa shape index (κ2) is 8.54. The quantitative estimate of drug-likeness (QED) is 0.416. The van der Waals surface area contributed by atoms with Gasteiger partial charge in [0, 0.05) is 6.42 Å². The summed E-state index contributed by atoms with van der Waals surface area (Å²) in [5, 5.41) is 3.78. The molecule has 0 saturated carbocycles. The number of carbonyl (C=O) groups is 1. The molecule has 0 fully saturated rings. The molecule has 0 aliphatic heterocycles. The highest BCUT2D eigenvalue weighted by atomic mass is 35.5. The van der Waals surface area contributed by atoms with Crippen LogP contribution < -0.4 is 5.32 Å². The fourth-order valence-corrected chi connectivity index (χ4v) is 3.75. The number of furan rings is 1. The van der Waals surface area contributed by atoms with Gasteiger partial charge in [-0.1, -0.05) is 53.0 Å². The van der Waals surface area contributed by atoms with Gasteiger partial charge < -0.3 is 14.3 Å². The summed E-state index contributed by atoms with van der Waals surface area (Å²) in [6.45, 7) is 4.22. The first kappa shape index (κ1) is 20.5. The summed E-state index contributed by atoms with van der Waals surface area (Å²) in [7, 11) is 0. The van der Waals surface area contributed by atoms with Crippen molar-refractivity contribution in [3.8, 4) is 0 Å². The molecule has 0 aliphatic rings. The SMILES string of the molecule is Cc1ccc(Cc2nc3cc(Cl)c(Cl)cc3n2[C@H](C)C(=O)NCc2ccco2)cc1. The average Bonchev–Trinajstić information content (AvgIpc) is 3.35. The molecular formula is C23H21Cl2N3O2. The van der Waals surface area contributed by atoms with Gasteiger partial charge in [-0.15, -0.1) is 0 Å². The van der Waals surface area contributed by atoms with Crippen molar-refractivity contribution in [1.29, 1.82) is 0 Å². The third kappa shape index (κ3) is 4.23. The lowest BCUT2D eigenvalue weighted by Gasteiger charge is -2.17. The lowest BCUT2D eigenvalue weighted by atomic mass is 10.1. The lowest BCUT2D eigenvalue weighted by molar-refractivity contribution is -0.124. The van der Waals surface area contributed by atoms with Crippen molar-refractivity contribution in [2.75, 3.05) is 0 Å². The Labute approximate surface area is 184 Å². The molecule has 4 aromatic rings. The van der Waals surface area contributed by atoms with Gasteiger partial charge in [-0.05, 0) is 43.7 Å². The van der Waals surface area contributed by atoms with Gasteiger partial charge in [0.2, 0.25) is 5.91 Å². The third-order valence-corrected chi connectivity index (χ3v) is 5.79. The van der Waals surface area contributed by atoms with Crippen molar-refractivity contribution in [2.24, 2.45) is 0 Å². The van der Waals surface area contributed by atoms with E-state index in [2.05, 4.69) is 36.5 Å². The molecule has 0 aliphatic carbocycles. The van der Waals surface area contributed by atoms with Gasteiger partial charge in [0.25, 0.3) is 0 Å². The molecule has 0 saturated heterocycles. The fraction of sp³-hybridized carbons (Fsp3) is 0.217. The highest BCUT2D eigenvalue weighted by molar-refractivity contribution is 6.42. The normalized spacial score (nSPS) is 12.3. The molecule has 2 aromatic heterocycles. The topological polar surface area (TPSA) is 60.1 Å². The molecular weight excluding hydrogens is 421 g/mol. The van der Waals surface area contributed by atoms with Crippen LogP contribution in [0.3, 0.4) is 0 Å². The van der Waals surface area contributed by atoms with E-state index in [0.717, 1.165) is 16.9 Å². The molecule has 1 N–H and O–H groups in total. The number of hydrogen-bond acceptors (Lipinski definition) is 3. The number of aromatic nitrogens is 2. The molecule has 0 unspecified atom stereocenters. The summed E-state index contributed by atoms with van der Waals surface area (Å²) < 4.78 is 7.23. The van der Waals surface area contributed by atoms with E-state index >= 15 is 0 Å². The maximum absolute atomic E-state index is 12.9. The predicted octanol–water partition coefficient (Wildman–Crippen LogP) is 5.71. The first-order valence-electron chi connectivity index (χ1n) is 9.64. The van der Waals surface area contributed by atoms with E-state index in [0.29, 0.717) is 34.3 Å². The standard InChI is InChI=1S/C23H21Cl2N3O2/c1-14-5-7-16(8-6-14)10-22-27-20-11-18(24)19(25)12-21(20)28(22)15(2)23(29)26-13-17-4-3-9-30-17/h3-9,11-12,15H,10,13H2,1-2H3,(H,26,29)/t15-/m1/s1. The van der Waals surface area contributed by atoms with E-state index in [1.165, 1.54) is 5.56 Å². The maximum Gasteiger partial charge on any atom is 0.243 e. The van der Waals surface area contributed by atoms with Gasteiger partial charge in [-0.25, -0.2) is 4.98 Å². The van der Waals surface area contributed by atoms with Crippen molar-refractivity contribution < 1.29 is 9.21 Å². The number of carbonyl (C=O) groups excluding carboxylic acids is 1. The van der Waals surface area contributed by atoms with E-state index in [-0.39, 0.29) is 5.91 Å². The Bertz CT molecular complexity index is 1180. The number of amides is 1. The Balaban J connectivity index is 1.70. The Morgan fingerprint density at radius 1 is 1.17 bits per heavy atom. The molecule has 7 heteroatoms. The smallest absolute Gasteiger partial charge is 0.243 e. The van der Waals surface area contributed by atoms with Gasteiger partial charge in [0.15, 0.2) is 0 Å². The van der Waals surface area contributed by atoms with Crippen LogP contribution in [0.1, 0.15) is 35.7 Å². The highest BCUT2D eigenvalue weighted by Crippen LogP contribution is 2.31. The van der Waals surface area contributed by atoms with Crippen LogP contribution in [0.4, 0.5) is 0 Å². The summed E-state index contributed by atoms with van der Waals surface area (Å²) in [5.74, 6) is 1.33. The van der Waals surface area contributed by atoms with Crippen LogP contribution in [0.15, 0.2) is 59.2 Å². The minimum absolute atomic E-state index is 0.137. The monoisotopic (exact) mass is 441 g/mol. The second-order valence-corrected chi connectivity index (χ2v) is 8.10. The Hall–Kier alpha value is -2.76. The maximum atomic E-state index is 12.9. The summed E-state index contributed by atoms with van der Waals surface area (Å²) in [4.78, 5) is 17.7. The van der Waals surface area contributed by atoms with E-state index in [1.807, 2.05) is 17.6 Å². The summed E-state index contributed by atoms with van der Waals surface area (Å²) in [5.41, 5.74) is 3.78. The third-order valence-electron chi connectivity index (χ3n) is 5.07. The van der Waals surface area contributed by atoms with Gasteiger partial charge in [-0.2, -0.15) is 0 Å². The number of halogens is 2. The number of nitrogens with one attached hydrogen (secondary N) is 1. The van der Waals surface area contributed by atoms with Crippen molar-refractivity contribution in [2.45, 2.75) is 32.9 Å². The van der Waals surface area contributed by atoms with E-state index in [4.69, 9.17) is 32.6 Å². The molecule has 0 bridgehead atoms. The predicted molar refractivity (Wildman–Crippen MR) is 119 cm³/mol. The lowest BCUT2D eigenvalue weighted by Crippen LogP contribution is -2.31. The molecule has 154 valence electrons. The van der Waals surface area contributed by atoms with Crippen LogP contribution in [-0.2, 0) is 17.8 Å². The zero-order valence-electron chi connectivity index (χ0n) is 16.7. The Morgan fingerprint density at radius 2 is 1.90 bits per heavy atom. The van der Waals surface area contributed by atoms with Gasteiger partial charge in [0.1, 0.15) is 17.6 Å². The van der Waals surface area contributed by atoms with Gasteiger partial charge in [0.05, 0.1) is 33.9 Å². The number of rotatable bonds is 6. The number of fused-ring (bicyclic) bond motifs is 1. The van der Waals surface area contributed by atoms with Gasteiger partial charge in [-0.3, -0.25) is 4.79 Å². The molecule has 30 heavy (non-hydrogen) atoms. The summed E-state index contributed by atoms with van der Waals surface area (Å²) >= 11 is 12.5. The van der Waals surface area contributed by atoms with E-state index in [1.54, 1.807) is 24.5 Å². The van der Waals surface area contributed by atoms with E-state index < -0.39 is 6.04 Å². The van der Waals surface area contributed by atoms with Crippen molar-refractivity contribution in [3.05, 3.63) is 87.6 Å². The van der Waals surface area contributed by atoms with Crippen LogP contribution in [0, 0.1) is 6.92 Å². The fourth-order valence-electron chi connectivity index (χ4n) is 3.44.